The van der Waals surface area contributed by atoms with Crippen LogP contribution >= 0.6 is 0 Å². The lowest BCUT2D eigenvalue weighted by atomic mass is 9.91. The molecule has 6 heteroatoms. The fourth-order valence-corrected chi connectivity index (χ4v) is 5.11. The molecule has 0 bridgehead atoms. The Hall–Kier alpha value is -6.14. The van der Waals surface area contributed by atoms with Crippen molar-refractivity contribution < 1.29 is 19.2 Å². The van der Waals surface area contributed by atoms with Crippen molar-refractivity contribution in [3.63, 3.8) is 0 Å². The number of fused-ring (bicyclic) bond motifs is 6. The fraction of sp³-hybridized carbons (Fsp3) is 0. The molecule has 0 unspecified atom stereocenters. The van der Waals surface area contributed by atoms with Gasteiger partial charge in [-0.15, -0.1) is 0 Å². The Morgan fingerprint density at radius 2 is 0.795 bits per heavy atom. The molecule has 0 N–H and O–H groups in total. The maximum absolute atomic E-state index is 11.7. The highest BCUT2D eigenvalue weighted by molar-refractivity contribution is 6.51. The highest BCUT2D eigenvalue weighted by atomic mass is 16.2. The van der Waals surface area contributed by atoms with Crippen LogP contribution in [0.5, 0.6) is 0 Å². The molecule has 0 amide bonds. The Balaban J connectivity index is 0.000000118. The van der Waals surface area contributed by atoms with Crippen LogP contribution in [-0.2, 0) is 9.59 Å². The predicted octanol–water partition coefficient (Wildman–Crippen LogP) is 7.38. The zero-order valence-electron chi connectivity index (χ0n) is 23.4. The average molecular weight is 573 g/mol. The van der Waals surface area contributed by atoms with Crippen molar-refractivity contribution in [2.45, 2.75) is 0 Å². The van der Waals surface area contributed by atoms with Crippen molar-refractivity contribution in [1.29, 1.82) is 0 Å². The number of pyridine rings is 2. The van der Waals surface area contributed by atoms with Crippen molar-refractivity contribution in [2.75, 3.05) is 0 Å². The summed E-state index contributed by atoms with van der Waals surface area (Å²) >= 11 is 0. The number of hydrogen-bond acceptors (Lipinski definition) is 6. The molecule has 6 aromatic rings. The van der Waals surface area contributed by atoms with Crippen LogP contribution in [-0.4, -0.2) is 33.1 Å². The average Bonchev–Trinajstić information content (AvgIpc) is 3.09. The normalized spacial score (nSPS) is 13.0. The van der Waals surface area contributed by atoms with Gasteiger partial charge in [-0.1, -0.05) is 72.8 Å². The topological polar surface area (TPSA) is 94.1 Å². The number of allylic oxidation sites excluding steroid dienone is 2. The Kier molecular flexibility index (Phi) is 7.88. The lowest BCUT2D eigenvalue weighted by molar-refractivity contribution is -0.111. The van der Waals surface area contributed by atoms with E-state index in [1.54, 1.807) is 36.7 Å². The lowest BCUT2D eigenvalue weighted by Gasteiger charge is -2.11. The van der Waals surface area contributed by atoms with Gasteiger partial charge in [0, 0.05) is 23.5 Å². The summed E-state index contributed by atoms with van der Waals surface area (Å²) in [6.45, 7) is 0. The van der Waals surface area contributed by atoms with Gasteiger partial charge >= 0.3 is 0 Å². The summed E-state index contributed by atoms with van der Waals surface area (Å²) in [6, 6.07) is 34.5. The summed E-state index contributed by atoms with van der Waals surface area (Å²) < 4.78 is 0. The largest absolute Gasteiger partial charge is 0.286 e. The molecule has 8 rings (SSSR count). The summed E-state index contributed by atoms with van der Waals surface area (Å²) in [7, 11) is 0. The minimum atomic E-state index is -0.442. The Morgan fingerprint density at radius 3 is 1.20 bits per heavy atom. The molecule has 2 aliphatic carbocycles. The first-order valence-electron chi connectivity index (χ1n) is 13.9. The van der Waals surface area contributed by atoms with E-state index in [0.717, 1.165) is 44.1 Å². The second kappa shape index (κ2) is 12.4. The van der Waals surface area contributed by atoms with E-state index in [-0.39, 0.29) is 0 Å². The maximum Gasteiger partial charge on any atom is 0.233 e. The van der Waals surface area contributed by atoms with Gasteiger partial charge in [0.15, 0.2) is 0 Å². The number of Topliss-reactive ketones (excluding diaryl/α,β-unsaturated/α-hetero) is 2. The van der Waals surface area contributed by atoms with Gasteiger partial charge in [-0.25, -0.2) is 0 Å². The van der Waals surface area contributed by atoms with Crippen molar-refractivity contribution >= 4 is 56.8 Å². The third-order valence-electron chi connectivity index (χ3n) is 7.27. The minimum absolute atomic E-state index is 0.414. The second-order valence-electron chi connectivity index (χ2n) is 9.98. The number of aromatic nitrogens is 2. The van der Waals surface area contributed by atoms with Gasteiger partial charge in [0.1, 0.15) is 0 Å². The minimum Gasteiger partial charge on any atom is -0.286 e. The third kappa shape index (κ3) is 5.65. The van der Waals surface area contributed by atoms with Gasteiger partial charge in [-0.3, -0.25) is 29.1 Å². The number of ketones is 4. The fourth-order valence-electron chi connectivity index (χ4n) is 5.11. The second-order valence-corrected chi connectivity index (χ2v) is 9.98. The third-order valence-corrected chi connectivity index (χ3v) is 7.27. The number of benzene rings is 4. The zero-order valence-corrected chi connectivity index (χ0v) is 23.4. The molecule has 0 saturated heterocycles. The molecule has 44 heavy (non-hydrogen) atoms. The van der Waals surface area contributed by atoms with E-state index in [4.69, 9.17) is 0 Å². The van der Waals surface area contributed by atoms with Crippen LogP contribution in [0, 0.1) is 0 Å². The van der Waals surface area contributed by atoms with E-state index < -0.39 is 23.1 Å². The van der Waals surface area contributed by atoms with E-state index in [1.165, 1.54) is 12.2 Å². The van der Waals surface area contributed by atoms with Crippen LogP contribution in [0.1, 0.15) is 31.8 Å². The summed E-state index contributed by atoms with van der Waals surface area (Å²) in [5.74, 6) is -1.71. The van der Waals surface area contributed by atoms with Gasteiger partial charge in [0.05, 0.1) is 11.4 Å². The number of nitrogens with zero attached hydrogens (tertiary/aromatic N) is 2. The predicted molar refractivity (Wildman–Crippen MR) is 172 cm³/mol. The van der Waals surface area contributed by atoms with E-state index >= 15 is 0 Å². The molecule has 6 nitrogen and oxygen atoms in total. The quantitative estimate of drug-likeness (QED) is 0.191. The first kappa shape index (κ1) is 28.0. The Labute approximate surface area is 253 Å². The molecule has 0 atom stereocenters. The SMILES string of the molecule is O=C1C=Cc2c(ccc3ccccc23)C1=O.O=C1C=Cc2c(ccc3ccccc23)C1=O.c1ccc(-c2ccccn2)nc1. The molecule has 2 heterocycles. The number of hydrogen-bond donors (Lipinski definition) is 0. The van der Waals surface area contributed by atoms with E-state index in [1.807, 2.05) is 97.1 Å². The van der Waals surface area contributed by atoms with Gasteiger partial charge in [0.25, 0.3) is 0 Å². The zero-order chi connectivity index (χ0) is 30.5. The molecule has 2 aliphatic rings. The molecular weight excluding hydrogens is 548 g/mol. The van der Waals surface area contributed by atoms with Crippen molar-refractivity contribution in [2.24, 2.45) is 0 Å². The van der Waals surface area contributed by atoms with Crippen LogP contribution in [0.4, 0.5) is 0 Å². The molecule has 0 spiro atoms. The number of carbonyl (C=O) groups is 4. The first-order valence-corrected chi connectivity index (χ1v) is 13.9. The molecule has 0 radical (unpaired) electrons. The van der Waals surface area contributed by atoms with Crippen molar-refractivity contribution in [3.8, 4) is 11.4 Å². The Bertz CT molecular complexity index is 1980. The highest BCUT2D eigenvalue weighted by Gasteiger charge is 2.22. The van der Waals surface area contributed by atoms with E-state index in [9.17, 15) is 19.2 Å². The smallest absolute Gasteiger partial charge is 0.233 e. The first-order chi connectivity index (χ1) is 21.5. The summed E-state index contributed by atoms with van der Waals surface area (Å²) in [6.07, 6.45) is 9.67. The highest BCUT2D eigenvalue weighted by Crippen LogP contribution is 2.28. The monoisotopic (exact) mass is 572 g/mol. The van der Waals surface area contributed by atoms with Gasteiger partial charge in [-0.2, -0.15) is 0 Å². The molecule has 210 valence electrons. The molecule has 0 aliphatic heterocycles. The molecule has 0 fully saturated rings. The van der Waals surface area contributed by atoms with Crippen LogP contribution in [0.2, 0.25) is 0 Å². The standard InChI is InChI=1S/2C14H8O2.C10H8N2/c2*15-13-8-7-11-10-4-2-1-3-9(10)5-6-12(11)14(13)16;1-3-7-11-9(5-1)10-6-2-4-8-12-10/h2*1-8H;1-8H. The van der Waals surface area contributed by atoms with E-state index in [2.05, 4.69) is 9.97 Å². The van der Waals surface area contributed by atoms with Gasteiger partial charge in [-0.05, 0) is 93.4 Å². The number of rotatable bonds is 1. The van der Waals surface area contributed by atoms with Crippen LogP contribution in [0.3, 0.4) is 0 Å². The molecule has 0 saturated carbocycles. The van der Waals surface area contributed by atoms with Gasteiger partial charge in [0.2, 0.25) is 23.1 Å². The van der Waals surface area contributed by atoms with Crippen molar-refractivity contribution in [1.82, 2.24) is 9.97 Å². The lowest BCUT2D eigenvalue weighted by Crippen LogP contribution is -2.16. The molecular formula is C38H24N2O4. The van der Waals surface area contributed by atoms with Crippen LogP contribution in [0.15, 0.2) is 134 Å². The summed E-state index contributed by atoms with van der Waals surface area (Å²) in [5.41, 5.74) is 4.54. The van der Waals surface area contributed by atoms with Gasteiger partial charge < -0.3 is 0 Å². The molecule has 2 aromatic heterocycles. The summed E-state index contributed by atoms with van der Waals surface area (Å²) in [5, 5.41) is 4.18. The maximum atomic E-state index is 11.7. The van der Waals surface area contributed by atoms with Crippen molar-refractivity contribution in [3.05, 3.63) is 156 Å². The van der Waals surface area contributed by atoms with Crippen LogP contribution in [0.25, 0.3) is 45.1 Å². The Morgan fingerprint density at radius 1 is 0.386 bits per heavy atom. The van der Waals surface area contributed by atoms with Crippen LogP contribution < -0.4 is 0 Å². The molecule has 4 aromatic carbocycles. The van der Waals surface area contributed by atoms with E-state index in [0.29, 0.717) is 11.1 Å². The summed E-state index contributed by atoms with van der Waals surface area (Å²) in [4.78, 5) is 54.2. The number of carbonyl (C=O) groups excluding carboxylic acids is 4.